The Bertz CT molecular complexity index is 844. The number of nitrogens with zero attached hydrogens (tertiary/aromatic N) is 1. The lowest BCUT2D eigenvalue weighted by atomic mass is 10.0. The van der Waals surface area contributed by atoms with E-state index in [1.165, 1.54) is 36.9 Å². The molecular weight excluding hydrogens is 307 g/mol. The molecule has 1 aromatic carbocycles. The molecule has 0 spiro atoms. The molecule has 118 valence electrons. The highest BCUT2D eigenvalue weighted by atomic mass is 19.4. The summed E-state index contributed by atoms with van der Waals surface area (Å²) < 4.78 is 45.2. The Kier molecular flexibility index (Phi) is 3.84. The summed E-state index contributed by atoms with van der Waals surface area (Å²) in [6, 6.07) is 6.31. The van der Waals surface area contributed by atoms with E-state index in [1.54, 1.807) is 6.07 Å². The van der Waals surface area contributed by atoms with Crippen molar-refractivity contribution in [3.05, 3.63) is 59.7 Å². The number of furan rings is 1. The molecule has 2 N–H and O–H groups in total. The van der Waals surface area contributed by atoms with Crippen LogP contribution in [0.1, 0.15) is 22.7 Å². The van der Waals surface area contributed by atoms with Gasteiger partial charge < -0.3 is 9.40 Å². The fraction of sp³-hybridized carbons (Fsp3) is 0.188. The lowest BCUT2D eigenvalue weighted by Crippen LogP contribution is -2.33. The van der Waals surface area contributed by atoms with Crippen molar-refractivity contribution in [3.8, 4) is 6.07 Å². The molecular formula is C16H12F3N3O. The highest BCUT2D eigenvalue weighted by molar-refractivity contribution is 5.85. The quantitative estimate of drug-likeness (QED) is 0.763. The Hall–Kier alpha value is -2.72. The molecule has 0 aliphatic carbocycles. The van der Waals surface area contributed by atoms with Gasteiger partial charge >= 0.3 is 6.18 Å². The third-order valence-corrected chi connectivity index (χ3v) is 3.57. The first-order valence-electron chi connectivity index (χ1n) is 6.81. The van der Waals surface area contributed by atoms with Crippen molar-refractivity contribution in [2.45, 2.75) is 18.8 Å². The van der Waals surface area contributed by atoms with Gasteiger partial charge in [-0.15, -0.1) is 0 Å². The van der Waals surface area contributed by atoms with E-state index in [1.807, 2.05) is 6.07 Å². The van der Waals surface area contributed by atoms with Crippen LogP contribution in [0.3, 0.4) is 0 Å². The van der Waals surface area contributed by atoms with E-state index < -0.39 is 12.2 Å². The number of nitriles is 1. The molecule has 0 radical (unpaired) electrons. The Morgan fingerprint density at radius 3 is 2.78 bits per heavy atom. The molecule has 0 aliphatic heterocycles. The van der Waals surface area contributed by atoms with Crippen molar-refractivity contribution in [1.82, 2.24) is 10.3 Å². The number of benzene rings is 1. The van der Waals surface area contributed by atoms with Gasteiger partial charge in [-0.05, 0) is 18.2 Å². The van der Waals surface area contributed by atoms with E-state index in [2.05, 4.69) is 10.3 Å². The second kappa shape index (κ2) is 5.82. The van der Waals surface area contributed by atoms with Crippen LogP contribution in [0.4, 0.5) is 13.2 Å². The molecule has 1 atom stereocenters. The average molecular weight is 319 g/mol. The fourth-order valence-corrected chi connectivity index (χ4v) is 2.47. The first-order valence-corrected chi connectivity index (χ1v) is 6.81. The van der Waals surface area contributed by atoms with Gasteiger partial charge in [-0.3, -0.25) is 5.32 Å². The van der Waals surface area contributed by atoms with Crippen molar-refractivity contribution < 1.29 is 17.6 Å². The van der Waals surface area contributed by atoms with Gasteiger partial charge in [0, 0.05) is 34.8 Å². The highest BCUT2D eigenvalue weighted by Crippen LogP contribution is 2.36. The fourth-order valence-electron chi connectivity index (χ4n) is 2.47. The first kappa shape index (κ1) is 15.2. The average Bonchev–Trinajstić information content (AvgIpc) is 3.15. The number of nitrogens with one attached hydrogen (secondary N) is 2. The minimum Gasteiger partial charge on any atom is -0.472 e. The third kappa shape index (κ3) is 3.07. The first-order chi connectivity index (χ1) is 11.0. The lowest BCUT2D eigenvalue weighted by molar-refractivity contribution is -0.157. The number of fused-ring (bicyclic) bond motifs is 1. The standard InChI is InChI=1S/C16H12F3N3O/c17-16(18,19)15(22-7-11-3-4-23-9-11)13-8-21-14-5-10(6-20)1-2-12(13)14/h1-5,8-9,15,21-22H,7H2. The van der Waals surface area contributed by atoms with Crippen LogP contribution in [0.5, 0.6) is 0 Å². The summed E-state index contributed by atoms with van der Waals surface area (Å²) in [5, 5.41) is 11.8. The van der Waals surface area contributed by atoms with Crippen molar-refractivity contribution in [1.29, 1.82) is 5.26 Å². The largest absolute Gasteiger partial charge is 0.472 e. The van der Waals surface area contributed by atoms with Crippen molar-refractivity contribution in [3.63, 3.8) is 0 Å². The molecule has 2 aromatic heterocycles. The molecule has 3 aromatic rings. The maximum atomic E-state index is 13.4. The van der Waals surface area contributed by atoms with Crippen LogP contribution in [0.15, 0.2) is 47.4 Å². The van der Waals surface area contributed by atoms with Crippen LogP contribution in [0.25, 0.3) is 10.9 Å². The predicted octanol–water partition coefficient (Wildman–Crippen LogP) is 4.03. The van der Waals surface area contributed by atoms with Gasteiger partial charge in [0.15, 0.2) is 0 Å². The number of halogens is 3. The predicted molar refractivity (Wildman–Crippen MR) is 77.4 cm³/mol. The van der Waals surface area contributed by atoms with E-state index in [9.17, 15) is 13.2 Å². The number of H-pyrrole nitrogens is 1. The van der Waals surface area contributed by atoms with Gasteiger partial charge in [0.2, 0.25) is 0 Å². The molecule has 23 heavy (non-hydrogen) atoms. The van der Waals surface area contributed by atoms with Crippen LogP contribution in [0.2, 0.25) is 0 Å². The number of hydrogen-bond donors (Lipinski definition) is 2. The van der Waals surface area contributed by atoms with Crippen LogP contribution in [-0.4, -0.2) is 11.2 Å². The van der Waals surface area contributed by atoms with E-state index in [4.69, 9.17) is 9.68 Å². The highest BCUT2D eigenvalue weighted by Gasteiger charge is 2.41. The zero-order valence-corrected chi connectivity index (χ0v) is 11.8. The van der Waals surface area contributed by atoms with Gasteiger partial charge in [-0.25, -0.2) is 0 Å². The number of hydrogen-bond acceptors (Lipinski definition) is 3. The Morgan fingerprint density at radius 1 is 1.30 bits per heavy atom. The molecule has 4 nitrogen and oxygen atoms in total. The summed E-state index contributed by atoms with van der Waals surface area (Å²) in [6.07, 6.45) is -0.317. The topological polar surface area (TPSA) is 64.8 Å². The number of rotatable bonds is 4. The lowest BCUT2D eigenvalue weighted by Gasteiger charge is -2.21. The molecule has 7 heteroatoms. The Labute approximate surface area is 129 Å². The summed E-state index contributed by atoms with van der Waals surface area (Å²) >= 11 is 0. The van der Waals surface area contributed by atoms with Gasteiger partial charge in [0.25, 0.3) is 0 Å². The molecule has 0 amide bonds. The molecule has 2 heterocycles. The summed E-state index contributed by atoms with van der Waals surface area (Å²) in [7, 11) is 0. The van der Waals surface area contributed by atoms with Gasteiger partial charge in [-0.2, -0.15) is 18.4 Å². The zero-order chi connectivity index (χ0) is 16.4. The van der Waals surface area contributed by atoms with Crippen molar-refractivity contribution in [2.75, 3.05) is 0 Å². The third-order valence-electron chi connectivity index (χ3n) is 3.57. The molecule has 3 rings (SSSR count). The van der Waals surface area contributed by atoms with Crippen molar-refractivity contribution in [2.24, 2.45) is 0 Å². The van der Waals surface area contributed by atoms with E-state index >= 15 is 0 Å². The molecule has 0 aliphatic rings. The summed E-state index contributed by atoms with van der Waals surface area (Å²) in [4.78, 5) is 2.80. The number of aromatic amines is 1. The van der Waals surface area contributed by atoms with E-state index in [0.717, 1.165) is 0 Å². The van der Waals surface area contributed by atoms with Gasteiger partial charge in [0.05, 0.1) is 24.2 Å². The molecule has 1 unspecified atom stereocenters. The van der Waals surface area contributed by atoms with E-state index in [-0.39, 0.29) is 12.1 Å². The van der Waals surface area contributed by atoms with Crippen LogP contribution < -0.4 is 5.32 Å². The van der Waals surface area contributed by atoms with Crippen LogP contribution in [-0.2, 0) is 6.54 Å². The molecule has 0 fully saturated rings. The van der Waals surface area contributed by atoms with Crippen molar-refractivity contribution >= 4 is 10.9 Å². The summed E-state index contributed by atoms with van der Waals surface area (Å²) in [6.45, 7) is 0.0314. The Morgan fingerprint density at radius 2 is 2.13 bits per heavy atom. The molecule has 0 bridgehead atoms. The Balaban J connectivity index is 1.95. The van der Waals surface area contributed by atoms with Gasteiger partial charge in [-0.1, -0.05) is 6.07 Å². The normalized spacial score (nSPS) is 13.1. The SMILES string of the molecule is N#Cc1ccc2c(C(NCc3ccoc3)C(F)(F)F)c[nH]c2c1. The maximum absolute atomic E-state index is 13.4. The number of aromatic nitrogens is 1. The number of alkyl halides is 3. The van der Waals surface area contributed by atoms with E-state index in [0.29, 0.717) is 22.0 Å². The van der Waals surface area contributed by atoms with Crippen LogP contribution >= 0.6 is 0 Å². The maximum Gasteiger partial charge on any atom is 0.407 e. The van der Waals surface area contributed by atoms with Gasteiger partial charge in [0.1, 0.15) is 6.04 Å². The zero-order valence-electron chi connectivity index (χ0n) is 11.8. The summed E-state index contributed by atoms with van der Waals surface area (Å²) in [5.41, 5.74) is 1.62. The second-order valence-corrected chi connectivity index (χ2v) is 5.10. The molecule has 0 saturated heterocycles. The molecule has 0 saturated carbocycles. The monoisotopic (exact) mass is 319 g/mol. The second-order valence-electron chi connectivity index (χ2n) is 5.10. The van der Waals surface area contributed by atoms with Crippen LogP contribution in [0, 0.1) is 11.3 Å². The smallest absolute Gasteiger partial charge is 0.407 e. The minimum atomic E-state index is -4.45. The summed E-state index contributed by atoms with van der Waals surface area (Å²) in [5.74, 6) is 0. The minimum absolute atomic E-state index is 0.0314.